The molecule has 0 aliphatic carbocycles. The van der Waals surface area contributed by atoms with E-state index in [0.717, 1.165) is 22.4 Å². The summed E-state index contributed by atoms with van der Waals surface area (Å²) < 4.78 is 5.67. The van der Waals surface area contributed by atoms with E-state index in [4.69, 9.17) is 9.84 Å². The Morgan fingerprint density at radius 3 is 2.46 bits per heavy atom. The van der Waals surface area contributed by atoms with Crippen molar-refractivity contribution in [3.8, 4) is 16.9 Å². The number of benzene rings is 2. The minimum Gasteiger partial charge on any atom is -0.493 e. The minimum absolute atomic E-state index is 0.0868. The molecule has 28 heavy (non-hydrogen) atoms. The summed E-state index contributed by atoms with van der Waals surface area (Å²) in [5, 5.41) is 11.5. The first-order valence-corrected chi connectivity index (χ1v) is 9.31. The Hall–Kier alpha value is -2.99. The van der Waals surface area contributed by atoms with E-state index < -0.39 is 5.97 Å². The van der Waals surface area contributed by atoms with E-state index in [1.807, 2.05) is 55.5 Å². The van der Waals surface area contributed by atoms with Crippen molar-refractivity contribution < 1.29 is 19.4 Å². The van der Waals surface area contributed by atoms with Gasteiger partial charge in [0.2, 0.25) is 5.91 Å². The van der Waals surface area contributed by atoms with Gasteiger partial charge in [0.25, 0.3) is 0 Å². The zero-order valence-electron chi connectivity index (χ0n) is 15.6. The Morgan fingerprint density at radius 1 is 1.18 bits per heavy atom. The first-order chi connectivity index (χ1) is 13.5. The number of nitrogens with one attached hydrogen (secondary N) is 1. The molecule has 0 bridgehead atoms. The number of hydrogen-bond acceptors (Lipinski definition) is 4. The number of rotatable bonds is 9. The monoisotopic (exact) mass is 397 g/mol. The number of aryl methyl sites for hydroxylation is 1. The molecule has 2 rings (SSSR count). The van der Waals surface area contributed by atoms with E-state index in [2.05, 4.69) is 24.5 Å². The van der Waals surface area contributed by atoms with Crippen LogP contribution in [-0.4, -0.2) is 23.6 Å². The first-order valence-electron chi connectivity index (χ1n) is 8.86. The van der Waals surface area contributed by atoms with Crippen LogP contribution in [0, 0.1) is 0 Å². The fraction of sp³-hybridized carbons (Fsp3) is 0.182. The summed E-state index contributed by atoms with van der Waals surface area (Å²) in [6.07, 6.45) is 2.00. The molecule has 0 unspecified atom stereocenters. The summed E-state index contributed by atoms with van der Waals surface area (Å²) in [5.41, 5.74) is 3.14. The van der Waals surface area contributed by atoms with Crippen LogP contribution in [0.5, 0.6) is 5.75 Å². The molecular formula is C22H23NO4S. The van der Waals surface area contributed by atoms with Gasteiger partial charge in [-0.15, -0.1) is 12.6 Å². The van der Waals surface area contributed by atoms with E-state index in [0.29, 0.717) is 13.0 Å². The summed E-state index contributed by atoms with van der Waals surface area (Å²) in [5.74, 6) is -0.684. The molecule has 0 aliphatic heterocycles. The normalized spacial score (nSPS) is 11.4. The summed E-state index contributed by atoms with van der Waals surface area (Å²) in [6.45, 7) is 6.05. The quantitative estimate of drug-likeness (QED) is 0.337. The number of hydrogen-bond donors (Lipinski definition) is 3. The number of carbonyl (C=O) groups is 2. The zero-order chi connectivity index (χ0) is 20.5. The van der Waals surface area contributed by atoms with Crippen LogP contribution in [0.15, 0.2) is 71.8 Å². The van der Waals surface area contributed by atoms with Crippen molar-refractivity contribution in [2.75, 3.05) is 6.61 Å². The van der Waals surface area contributed by atoms with Crippen LogP contribution in [0.25, 0.3) is 11.1 Å². The van der Waals surface area contributed by atoms with Crippen molar-refractivity contribution in [2.45, 2.75) is 19.8 Å². The molecule has 0 aromatic heterocycles. The molecule has 6 heteroatoms. The molecule has 2 aromatic carbocycles. The second-order valence-corrected chi connectivity index (χ2v) is 6.39. The molecule has 0 saturated carbocycles. The first kappa shape index (κ1) is 21.3. The van der Waals surface area contributed by atoms with Gasteiger partial charge >= 0.3 is 5.97 Å². The number of amides is 1. The third-order valence-electron chi connectivity index (χ3n) is 4.03. The highest BCUT2D eigenvalue weighted by Gasteiger charge is 2.11. The average Bonchev–Trinajstić information content (AvgIpc) is 2.71. The number of allylic oxidation sites excluding steroid dienone is 1. The number of para-hydroxylation sites is 1. The van der Waals surface area contributed by atoms with Gasteiger partial charge in [-0.05, 0) is 36.6 Å². The van der Waals surface area contributed by atoms with Gasteiger partial charge in [-0.3, -0.25) is 4.79 Å². The Kier molecular flexibility index (Phi) is 7.89. The van der Waals surface area contributed by atoms with Gasteiger partial charge < -0.3 is 15.2 Å². The molecule has 0 fully saturated rings. The number of carboxylic acid groups (broad SMARTS) is 1. The Balaban J connectivity index is 2.02. The molecule has 2 N–H and O–H groups in total. The van der Waals surface area contributed by atoms with E-state index >= 15 is 0 Å². The Labute approximate surface area is 170 Å². The van der Waals surface area contributed by atoms with Gasteiger partial charge in [0, 0.05) is 12.0 Å². The lowest BCUT2D eigenvalue weighted by atomic mass is 10.0. The Morgan fingerprint density at radius 2 is 1.86 bits per heavy atom. The molecule has 5 nitrogen and oxygen atoms in total. The maximum Gasteiger partial charge on any atom is 0.344 e. The van der Waals surface area contributed by atoms with Crippen LogP contribution in [0.4, 0.5) is 0 Å². The van der Waals surface area contributed by atoms with Crippen molar-refractivity contribution in [3.05, 3.63) is 77.4 Å². The van der Waals surface area contributed by atoms with Gasteiger partial charge in [0.15, 0.2) is 0 Å². The SMILES string of the molecule is C=C/C(NC(=O)CCc1ccc(-c2ccccc2OCC)cc1)=C(\S)C(=O)O. The van der Waals surface area contributed by atoms with Crippen molar-refractivity contribution in [1.29, 1.82) is 0 Å². The fourth-order valence-corrected chi connectivity index (χ4v) is 2.78. The number of carbonyl (C=O) groups excluding carboxylic acids is 1. The van der Waals surface area contributed by atoms with E-state index in [1.54, 1.807) is 0 Å². The highest BCUT2D eigenvalue weighted by Crippen LogP contribution is 2.30. The highest BCUT2D eigenvalue weighted by molar-refractivity contribution is 7.85. The van der Waals surface area contributed by atoms with E-state index in [9.17, 15) is 9.59 Å². The molecule has 146 valence electrons. The molecule has 1 amide bonds. The van der Waals surface area contributed by atoms with Crippen LogP contribution >= 0.6 is 12.6 Å². The second-order valence-electron chi connectivity index (χ2n) is 5.95. The Bertz CT molecular complexity index is 888. The largest absolute Gasteiger partial charge is 0.493 e. The standard InChI is InChI=1S/C22H23NO4S/c1-3-18(21(28)22(25)26)23-20(24)14-11-15-9-12-16(13-10-15)17-7-5-6-8-19(17)27-4-2/h3,5-10,12-13,28H,1,4,11,14H2,2H3,(H,23,24)(H,25,26)/b21-18+. The summed E-state index contributed by atoms with van der Waals surface area (Å²) in [6, 6.07) is 15.8. The lowest BCUT2D eigenvalue weighted by Gasteiger charge is -2.11. The minimum atomic E-state index is -1.22. The van der Waals surface area contributed by atoms with Gasteiger partial charge in [0.05, 0.1) is 12.3 Å². The number of thiol groups is 1. The molecule has 0 heterocycles. The molecule has 0 spiro atoms. The van der Waals surface area contributed by atoms with Crippen LogP contribution in [0.1, 0.15) is 18.9 Å². The van der Waals surface area contributed by atoms with Gasteiger partial charge in [-0.2, -0.15) is 0 Å². The topological polar surface area (TPSA) is 75.6 Å². The van der Waals surface area contributed by atoms with Crippen LogP contribution < -0.4 is 10.1 Å². The van der Waals surface area contributed by atoms with Crippen molar-refractivity contribution >= 4 is 24.5 Å². The van der Waals surface area contributed by atoms with Crippen molar-refractivity contribution in [2.24, 2.45) is 0 Å². The van der Waals surface area contributed by atoms with Gasteiger partial charge in [-0.25, -0.2) is 4.79 Å². The molecular weight excluding hydrogens is 374 g/mol. The zero-order valence-corrected chi connectivity index (χ0v) is 16.5. The summed E-state index contributed by atoms with van der Waals surface area (Å²) in [7, 11) is 0. The predicted octanol–water partition coefficient (Wildman–Crippen LogP) is 4.21. The average molecular weight is 397 g/mol. The fourth-order valence-electron chi connectivity index (χ4n) is 2.63. The van der Waals surface area contributed by atoms with E-state index in [1.165, 1.54) is 6.08 Å². The van der Waals surface area contributed by atoms with E-state index in [-0.39, 0.29) is 22.9 Å². The predicted molar refractivity (Wildman–Crippen MR) is 113 cm³/mol. The summed E-state index contributed by atoms with van der Waals surface area (Å²) >= 11 is 3.87. The van der Waals surface area contributed by atoms with Crippen molar-refractivity contribution in [3.63, 3.8) is 0 Å². The third kappa shape index (κ3) is 5.76. The number of aliphatic carboxylic acids is 1. The molecule has 2 aromatic rings. The smallest absolute Gasteiger partial charge is 0.344 e. The van der Waals surface area contributed by atoms with Crippen molar-refractivity contribution in [1.82, 2.24) is 5.32 Å². The summed E-state index contributed by atoms with van der Waals surface area (Å²) in [4.78, 5) is 22.8. The number of carboxylic acids is 1. The molecule has 0 radical (unpaired) electrons. The maximum atomic E-state index is 12.1. The second kappa shape index (κ2) is 10.4. The highest BCUT2D eigenvalue weighted by atomic mass is 32.1. The van der Waals surface area contributed by atoms with Crippen LogP contribution in [0.2, 0.25) is 0 Å². The van der Waals surface area contributed by atoms with Crippen LogP contribution in [0.3, 0.4) is 0 Å². The van der Waals surface area contributed by atoms with Gasteiger partial charge in [-0.1, -0.05) is 49.0 Å². The lowest BCUT2D eigenvalue weighted by molar-refractivity contribution is -0.131. The molecule has 0 aliphatic rings. The van der Waals surface area contributed by atoms with Gasteiger partial charge in [0.1, 0.15) is 10.7 Å². The lowest BCUT2D eigenvalue weighted by Crippen LogP contribution is -2.24. The third-order valence-corrected chi connectivity index (χ3v) is 4.46. The molecule has 0 saturated heterocycles. The maximum absolute atomic E-state index is 12.1. The van der Waals surface area contributed by atoms with Crippen LogP contribution in [-0.2, 0) is 16.0 Å². The number of ether oxygens (including phenoxy) is 1. The molecule has 0 atom stereocenters.